The molecule has 32 heavy (non-hydrogen) atoms. The van der Waals surface area contributed by atoms with Gasteiger partial charge >= 0.3 is 0 Å². The number of hydrogen-bond donors (Lipinski definition) is 1. The van der Waals surface area contributed by atoms with Gasteiger partial charge in [0.25, 0.3) is 11.9 Å². The molecule has 0 fully saturated rings. The van der Waals surface area contributed by atoms with Gasteiger partial charge in [0.2, 0.25) is 4.96 Å². The molecule has 5 nitrogen and oxygen atoms in total. The largest absolute Gasteiger partial charge is 0.289 e. The molecule has 1 N–H and O–H groups in total. The van der Waals surface area contributed by atoms with E-state index in [1.807, 2.05) is 72.1 Å². The third-order valence-electron chi connectivity index (χ3n) is 4.89. The molecule has 0 saturated heterocycles. The lowest BCUT2D eigenvalue weighted by molar-refractivity contribution is -0.111. The minimum Gasteiger partial charge on any atom is -0.289 e. The molecule has 0 spiro atoms. The van der Waals surface area contributed by atoms with Crippen LogP contribution in [0.25, 0.3) is 27.9 Å². The second-order valence-electron chi connectivity index (χ2n) is 7.05. The molecule has 0 atom stereocenters. The molecule has 0 aliphatic carbocycles. The molecule has 3 aromatic carbocycles. The highest BCUT2D eigenvalue weighted by atomic mass is 32.1. The Hall–Kier alpha value is -4.10. The average molecular weight is 441 g/mol. The minimum atomic E-state index is -0.304. The van der Waals surface area contributed by atoms with E-state index in [0.717, 1.165) is 22.4 Å². The zero-order valence-corrected chi connectivity index (χ0v) is 17.6. The van der Waals surface area contributed by atoms with Gasteiger partial charge in [0.1, 0.15) is 5.82 Å². The van der Waals surface area contributed by atoms with Crippen molar-refractivity contribution in [2.75, 3.05) is 5.32 Å². The number of nitrogens with one attached hydrogen (secondary N) is 1. The van der Waals surface area contributed by atoms with Crippen LogP contribution in [0.15, 0.2) is 90.3 Å². The SMILES string of the molecule is O=C(Nc1nc2scc(-c3ccc(F)cc3)n2n1)/C(=C\c1ccccc1)c1ccccc1. The first-order valence-electron chi connectivity index (χ1n) is 9.91. The highest BCUT2D eigenvalue weighted by Crippen LogP contribution is 2.27. The Kier molecular flexibility index (Phi) is 5.31. The van der Waals surface area contributed by atoms with E-state index in [0.29, 0.717) is 10.5 Å². The summed E-state index contributed by atoms with van der Waals surface area (Å²) in [7, 11) is 0. The van der Waals surface area contributed by atoms with Crippen LogP contribution in [0.5, 0.6) is 0 Å². The van der Waals surface area contributed by atoms with E-state index < -0.39 is 0 Å². The van der Waals surface area contributed by atoms with E-state index in [9.17, 15) is 9.18 Å². The molecule has 5 aromatic rings. The first kappa shape index (κ1) is 19.8. The molecular formula is C25H17FN4OS. The molecule has 156 valence electrons. The van der Waals surface area contributed by atoms with Gasteiger partial charge in [-0.25, -0.2) is 8.91 Å². The number of carbonyl (C=O) groups is 1. The summed E-state index contributed by atoms with van der Waals surface area (Å²) in [5.41, 5.74) is 3.81. The van der Waals surface area contributed by atoms with Crippen molar-refractivity contribution >= 4 is 39.8 Å². The molecule has 2 aromatic heterocycles. The highest BCUT2D eigenvalue weighted by Gasteiger charge is 2.17. The topological polar surface area (TPSA) is 59.3 Å². The number of thiazole rings is 1. The summed E-state index contributed by atoms with van der Waals surface area (Å²) < 4.78 is 14.9. The van der Waals surface area contributed by atoms with Crippen LogP contribution in [0.2, 0.25) is 0 Å². The molecule has 5 rings (SSSR count). The number of carbonyl (C=O) groups excluding carboxylic acids is 1. The van der Waals surface area contributed by atoms with Gasteiger partial charge in [-0.05, 0) is 41.5 Å². The highest BCUT2D eigenvalue weighted by molar-refractivity contribution is 7.15. The molecule has 1 amide bonds. The molecule has 2 heterocycles. The van der Waals surface area contributed by atoms with Crippen LogP contribution in [0.1, 0.15) is 11.1 Å². The number of anilines is 1. The Balaban J connectivity index is 1.47. The van der Waals surface area contributed by atoms with Crippen molar-refractivity contribution in [1.82, 2.24) is 14.6 Å². The number of amides is 1. The molecule has 0 saturated carbocycles. The smallest absolute Gasteiger partial charge is 0.258 e. The average Bonchev–Trinajstić information content (AvgIpc) is 3.39. The van der Waals surface area contributed by atoms with Gasteiger partial charge in [-0.15, -0.1) is 16.4 Å². The fourth-order valence-electron chi connectivity index (χ4n) is 3.34. The van der Waals surface area contributed by atoms with Crippen molar-refractivity contribution in [2.45, 2.75) is 0 Å². The predicted octanol–water partition coefficient (Wildman–Crippen LogP) is 5.78. The van der Waals surface area contributed by atoms with Crippen molar-refractivity contribution in [1.29, 1.82) is 0 Å². The maximum absolute atomic E-state index is 13.3. The Labute approximate surface area is 187 Å². The van der Waals surface area contributed by atoms with Crippen LogP contribution >= 0.6 is 11.3 Å². The first-order valence-corrected chi connectivity index (χ1v) is 10.8. The Morgan fingerprint density at radius 1 is 0.938 bits per heavy atom. The third kappa shape index (κ3) is 4.06. The van der Waals surface area contributed by atoms with Crippen LogP contribution in [0.3, 0.4) is 0 Å². The van der Waals surface area contributed by atoms with Crippen LogP contribution in [-0.4, -0.2) is 20.5 Å². The number of fused-ring (bicyclic) bond motifs is 1. The van der Waals surface area contributed by atoms with Gasteiger partial charge in [-0.2, -0.15) is 4.98 Å². The summed E-state index contributed by atoms with van der Waals surface area (Å²) in [6, 6.07) is 25.3. The monoisotopic (exact) mass is 440 g/mol. The molecular weight excluding hydrogens is 423 g/mol. The van der Waals surface area contributed by atoms with E-state index in [4.69, 9.17) is 0 Å². The summed E-state index contributed by atoms with van der Waals surface area (Å²) in [6.45, 7) is 0. The van der Waals surface area contributed by atoms with Gasteiger partial charge < -0.3 is 0 Å². The lowest BCUT2D eigenvalue weighted by Crippen LogP contribution is -2.15. The summed E-state index contributed by atoms with van der Waals surface area (Å²) in [5, 5.41) is 9.18. The summed E-state index contributed by atoms with van der Waals surface area (Å²) in [6.07, 6.45) is 1.84. The summed E-state index contributed by atoms with van der Waals surface area (Å²) in [5.74, 6) is -0.396. The van der Waals surface area contributed by atoms with Crippen molar-refractivity contribution < 1.29 is 9.18 Å². The Morgan fingerprint density at radius 3 is 2.34 bits per heavy atom. The Bertz CT molecular complexity index is 1410. The van der Waals surface area contributed by atoms with E-state index >= 15 is 0 Å². The number of aromatic nitrogens is 3. The van der Waals surface area contributed by atoms with Gasteiger partial charge in [0, 0.05) is 16.5 Å². The van der Waals surface area contributed by atoms with Gasteiger partial charge in [0.05, 0.1) is 5.69 Å². The van der Waals surface area contributed by atoms with Crippen LogP contribution in [0.4, 0.5) is 10.3 Å². The summed E-state index contributed by atoms with van der Waals surface area (Å²) in [4.78, 5) is 18.3. The van der Waals surface area contributed by atoms with Crippen LogP contribution < -0.4 is 5.32 Å². The predicted molar refractivity (Wildman–Crippen MR) is 126 cm³/mol. The maximum atomic E-state index is 13.3. The molecule has 0 unspecified atom stereocenters. The van der Waals surface area contributed by atoms with Crippen molar-refractivity contribution in [3.63, 3.8) is 0 Å². The number of rotatable bonds is 5. The van der Waals surface area contributed by atoms with Crippen LogP contribution in [-0.2, 0) is 4.79 Å². The zero-order valence-electron chi connectivity index (χ0n) is 16.8. The third-order valence-corrected chi connectivity index (χ3v) is 5.70. The quantitative estimate of drug-likeness (QED) is 0.279. The molecule has 0 aliphatic heterocycles. The van der Waals surface area contributed by atoms with Crippen molar-refractivity contribution in [3.05, 3.63) is 107 Å². The van der Waals surface area contributed by atoms with E-state index in [1.54, 1.807) is 16.6 Å². The van der Waals surface area contributed by atoms with E-state index in [-0.39, 0.29) is 17.7 Å². The number of hydrogen-bond acceptors (Lipinski definition) is 4. The molecule has 0 aliphatic rings. The van der Waals surface area contributed by atoms with Gasteiger partial charge in [-0.3, -0.25) is 10.1 Å². The standard InChI is InChI=1S/C25H17FN4OS/c26-20-13-11-19(12-14-20)22-16-32-25-28-24(29-30(22)25)27-23(31)21(18-9-5-2-6-10-18)15-17-7-3-1-4-8-17/h1-16H,(H,27,29,31)/b21-15-. The summed E-state index contributed by atoms with van der Waals surface area (Å²) >= 11 is 1.40. The molecule has 0 bridgehead atoms. The Morgan fingerprint density at radius 2 is 1.62 bits per heavy atom. The first-order chi connectivity index (χ1) is 15.7. The fraction of sp³-hybridized carbons (Fsp3) is 0. The fourth-order valence-corrected chi connectivity index (χ4v) is 4.17. The number of halogens is 1. The number of benzene rings is 3. The lowest BCUT2D eigenvalue weighted by atomic mass is 10.0. The van der Waals surface area contributed by atoms with E-state index in [2.05, 4.69) is 15.4 Å². The van der Waals surface area contributed by atoms with Crippen molar-refractivity contribution in [3.8, 4) is 11.3 Å². The molecule has 7 heteroatoms. The van der Waals surface area contributed by atoms with E-state index in [1.165, 1.54) is 23.5 Å². The van der Waals surface area contributed by atoms with Crippen molar-refractivity contribution in [2.24, 2.45) is 0 Å². The normalized spacial score (nSPS) is 11.6. The second-order valence-corrected chi connectivity index (χ2v) is 7.88. The van der Waals surface area contributed by atoms with Gasteiger partial charge in [-0.1, -0.05) is 60.7 Å². The maximum Gasteiger partial charge on any atom is 0.258 e. The van der Waals surface area contributed by atoms with Gasteiger partial charge in [0.15, 0.2) is 0 Å². The second kappa shape index (κ2) is 8.56. The minimum absolute atomic E-state index is 0.208. The van der Waals surface area contributed by atoms with Crippen LogP contribution in [0, 0.1) is 5.82 Å². The zero-order chi connectivity index (χ0) is 21.9. The molecule has 0 radical (unpaired) electrons. The lowest BCUT2D eigenvalue weighted by Gasteiger charge is -2.07. The number of nitrogens with zero attached hydrogens (tertiary/aromatic N) is 3.